The van der Waals surface area contributed by atoms with Crippen molar-refractivity contribution in [3.8, 4) is 0 Å². The van der Waals surface area contributed by atoms with E-state index in [9.17, 15) is 4.79 Å². The van der Waals surface area contributed by atoms with Crippen LogP contribution in [0.4, 0.5) is 0 Å². The van der Waals surface area contributed by atoms with Gasteiger partial charge in [-0.2, -0.15) is 0 Å². The van der Waals surface area contributed by atoms with E-state index in [0.29, 0.717) is 24.8 Å². The van der Waals surface area contributed by atoms with Gasteiger partial charge in [-0.1, -0.05) is 23.7 Å². The molecule has 2 aliphatic rings. The zero-order valence-corrected chi connectivity index (χ0v) is 13.2. The Morgan fingerprint density at radius 2 is 2.14 bits per heavy atom. The molecular formula is C17H20ClNO3. The lowest BCUT2D eigenvalue weighted by atomic mass is 9.97. The third kappa shape index (κ3) is 3.88. The smallest absolute Gasteiger partial charge is 0.246 e. The van der Waals surface area contributed by atoms with Crippen LogP contribution in [0.25, 0.3) is 6.08 Å². The van der Waals surface area contributed by atoms with Crippen molar-refractivity contribution in [2.45, 2.75) is 19.1 Å². The van der Waals surface area contributed by atoms with E-state index < -0.39 is 0 Å². The number of hydrogen-bond donors (Lipinski definition) is 0. The number of amides is 1. The van der Waals surface area contributed by atoms with E-state index >= 15 is 0 Å². The van der Waals surface area contributed by atoms with Gasteiger partial charge in [-0.3, -0.25) is 4.79 Å². The molecule has 2 saturated heterocycles. The first-order valence-electron chi connectivity index (χ1n) is 7.68. The van der Waals surface area contributed by atoms with Crippen LogP contribution >= 0.6 is 11.6 Å². The third-order valence-corrected chi connectivity index (χ3v) is 4.30. The molecule has 1 aromatic rings. The van der Waals surface area contributed by atoms with E-state index in [1.165, 1.54) is 0 Å². The topological polar surface area (TPSA) is 38.8 Å². The molecule has 2 heterocycles. The Labute approximate surface area is 135 Å². The first-order valence-corrected chi connectivity index (χ1v) is 8.06. The predicted octanol–water partition coefficient (Wildman–Crippen LogP) is 2.96. The van der Waals surface area contributed by atoms with Gasteiger partial charge in [-0.25, -0.2) is 0 Å². The van der Waals surface area contributed by atoms with E-state index in [1.807, 2.05) is 29.2 Å². The average Bonchev–Trinajstić information content (AvgIpc) is 3.07. The Hall–Kier alpha value is -1.36. The summed E-state index contributed by atoms with van der Waals surface area (Å²) in [5.41, 5.74) is 0.928. The minimum Gasteiger partial charge on any atom is -0.350 e. The van der Waals surface area contributed by atoms with Crippen molar-refractivity contribution in [2.75, 3.05) is 26.3 Å². The van der Waals surface area contributed by atoms with Crippen LogP contribution in [0.15, 0.2) is 30.3 Å². The van der Waals surface area contributed by atoms with Crippen molar-refractivity contribution >= 4 is 23.6 Å². The number of benzene rings is 1. The predicted molar refractivity (Wildman–Crippen MR) is 85.5 cm³/mol. The average molecular weight is 322 g/mol. The SMILES string of the molecule is O=C(/C=C/c1cccc(Cl)c1)N1CCCC(C2OCCO2)C1. The molecule has 2 fully saturated rings. The Kier molecular flexibility index (Phi) is 5.13. The molecule has 22 heavy (non-hydrogen) atoms. The molecule has 1 amide bonds. The second-order valence-electron chi connectivity index (χ2n) is 5.68. The lowest BCUT2D eigenvalue weighted by Crippen LogP contribution is -2.43. The minimum absolute atomic E-state index is 0.0303. The molecule has 3 rings (SSSR count). The highest BCUT2D eigenvalue weighted by atomic mass is 35.5. The number of carbonyl (C=O) groups excluding carboxylic acids is 1. The number of rotatable bonds is 3. The molecule has 0 bridgehead atoms. The van der Waals surface area contributed by atoms with Crippen molar-refractivity contribution in [3.63, 3.8) is 0 Å². The van der Waals surface area contributed by atoms with Crippen molar-refractivity contribution in [3.05, 3.63) is 40.9 Å². The number of likely N-dealkylation sites (tertiary alicyclic amines) is 1. The first-order chi connectivity index (χ1) is 10.7. The van der Waals surface area contributed by atoms with Gasteiger partial charge in [-0.05, 0) is 36.6 Å². The Morgan fingerprint density at radius 1 is 1.32 bits per heavy atom. The molecule has 0 spiro atoms. The third-order valence-electron chi connectivity index (χ3n) is 4.07. The van der Waals surface area contributed by atoms with Crippen LogP contribution in [-0.4, -0.2) is 43.4 Å². The maximum absolute atomic E-state index is 12.3. The van der Waals surface area contributed by atoms with Crippen LogP contribution in [0.3, 0.4) is 0 Å². The fourth-order valence-corrected chi connectivity index (χ4v) is 3.16. The van der Waals surface area contributed by atoms with Crippen LogP contribution in [0, 0.1) is 5.92 Å². The molecule has 1 unspecified atom stereocenters. The van der Waals surface area contributed by atoms with Gasteiger partial charge in [0.1, 0.15) is 0 Å². The summed E-state index contributed by atoms with van der Waals surface area (Å²) in [5.74, 6) is 0.308. The summed E-state index contributed by atoms with van der Waals surface area (Å²) < 4.78 is 11.1. The summed E-state index contributed by atoms with van der Waals surface area (Å²) in [6.07, 6.45) is 5.31. The molecule has 0 saturated carbocycles. The lowest BCUT2D eigenvalue weighted by Gasteiger charge is -2.34. The van der Waals surface area contributed by atoms with Crippen LogP contribution in [0.5, 0.6) is 0 Å². The van der Waals surface area contributed by atoms with Gasteiger partial charge in [0.2, 0.25) is 5.91 Å². The van der Waals surface area contributed by atoms with E-state index in [1.54, 1.807) is 12.2 Å². The van der Waals surface area contributed by atoms with Gasteiger partial charge in [0.15, 0.2) is 6.29 Å². The minimum atomic E-state index is -0.146. The van der Waals surface area contributed by atoms with Crippen molar-refractivity contribution in [1.29, 1.82) is 0 Å². The second kappa shape index (κ2) is 7.27. The second-order valence-corrected chi connectivity index (χ2v) is 6.12. The van der Waals surface area contributed by atoms with Crippen molar-refractivity contribution in [2.24, 2.45) is 5.92 Å². The van der Waals surface area contributed by atoms with Gasteiger partial charge in [-0.15, -0.1) is 0 Å². The molecule has 1 aromatic carbocycles. The van der Waals surface area contributed by atoms with Gasteiger partial charge in [0, 0.05) is 30.1 Å². The van der Waals surface area contributed by atoms with Crippen molar-refractivity contribution in [1.82, 2.24) is 4.90 Å². The zero-order chi connectivity index (χ0) is 15.4. The maximum Gasteiger partial charge on any atom is 0.246 e. The van der Waals surface area contributed by atoms with Gasteiger partial charge >= 0.3 is 0 Å². The molecule has 4 nitrogen and oxygen atoms in total. The zero-order valence-electron chi connectivity index (χ0n) is 12.4. The monoisotopic (exact) mass is 321 g/mol. The Balaban J connectivity index is 1.59. The van der Waals surface area contributed by atoms with Gasteiger partial charge in [0.05, 0.1) is 13.2 Å². The van der Waals surface area contributed by atoms with Crippen LogP contribution in [0.1, 0.15) is 18.4 Å². The lowest BCUT2D eigenvalue weighted by molar-refractivity contribution is -0.134. The number of hydrogen-bond acceptors (Lipinski definition) is 3. The summed E-state index contributed by atoms with van der Waals surface area (Å²) in [5, 5.41) is 0.670. The quantitative estimate of drug-likeness (QED) is 0.803. The highest BCUT2D eigenvalue weighted by molar-refractivity contribution is 6.30. The summed E-state index contributed by atoms with van der Waals surface area (Å²) in [6, 6.07) is 7.45. The van der Waals surface area contributed by atoms with Crippen molar-refractivity contribution < 1.29 is 14.3 Å². The van der Waals surface area contributed by atoms with Gasteiger partial charge in [0.25, 0.3) is 0 Å². The van der Waals surface area contributed by atoms with E-state index in [-0.39, 0.29) is 18.1 Å². The molecule has 0 N–H and O–H groups in total. The normalized spacial score (nSPS) is 23.3. The Bertz CT molecular complexity index is 555. The number of ether oxygens (including phenoxy) is 2. The molecule has 1 atom stereocenters. The number of halogens is 1. The number of nitrogens with zero attached hydrogens (tertiary/aromatic N) is 1. The standard InChI is InChI=1S/C17H20ClNO3/c18-15-5-1-3-13(11-15)6-7-16(20)19-8-2-4-14(12-19)17-21-9-10-22-17/h1,3,5-7,11,14,17H,2,4,8-10,12H2/b7-6+. The molecule has 2 aliphatic heterocycles. The summed E-state index contributed by atoms with van der Waals surface area (Å²) in [7, 11) is 0. The maximum atomic E-state index is 12.3. The number of piperidine rings is 1. The molecular weight excluding hydrogens is 302 g/mol. The summed E-state index contributed by atoms with van der Waals surface area (Å²) in [4.78, 5) is 14.2. The van der Waals surface area contributed by atoms with E-state index in [0.717, 1.165) is 24.9 Å². The van der Waals surface area contributed by atoms with Gasteiger partial charge < -0.3 is 14.4 Å². The first kappa shape index (κ1) is 15.5. The van der Waals surface area contributed by atoms with Crippen LogP contribution in [0.2, 0.25) is 5.02 Å². The fraction of sp³-hybridized carbons (Fsp3) is 0.471. The Morgan fingerprint density at radius 3 is 2.91 bits per heavy atom. The van der Waals surface area contributed by atoms with Crippen LogP contribution < -0.4 is 0 Å². The largest absolute Gasteiger partial charge is 0.350 e. The molecule has 0 aliphatic carbocycles. The molecule has 0 aromatic heterocycles. The van der Waals surface area contributed by atoms with E-state index in [4.69, 9.17) is 21.1 Å². The number of carbonyl (C=O) groups is 1. The fourth-order valence-electron chi connectivity index (χ4n) is 2.96. The van der Waals surface area contributed by atoms with Crippen LogP contribution in [-0.2, 0) is 14.3 Å². The van der Waals surface area contributed by atoms with E-state index in [2.05, 4.69) is 0 Å². The highest BCUT2D eigenvalue weighted by Crippen LogP contribution is 2.25. The molecule has 5 heteroatoms. The summed E-state index contributed by atoms with van der Waals surface area (Å²) in [6.45, 7) is 2.80. The molecule has 0 radical (unpaired) electrons. The summed E-state index contributed by atoms with van der Waals surface area (Å²) >= 11 is 5.94. The molecule has 118 valence electrons. The highest BCUT2D eigenvalue weighted by Gasteiger charge is 2.32.